The van der Waals surface area contributed by atoms with Gasteiger partial charge in [-0.3, -0.25) is 4.79 Å². The molecule has 1 amide bonds. The number of fused-ring (bicyclic) bond motifs is 1. The summed E-state index contributed by atoms with van der Waals surface area (Å²) < 4.78 is 13.8. The molecule has 1 N–H and O–H groups in total. The van der Waals surface area contributed by atoms with E-state index in [4.69, 9.17) is 14.6 Å². The van der Waals surface area contributed by atoms with Gasteiger partial charge in [-0.15, -0.1) is 11.8 Å². The molecule has 0 unspecified atom stereocenters. The molecule has 2 aliphatic rings. The monoisotopic (exact) mass is 415 g/mol. The molecule has 0 bridgehead atoms. The molecule has 29 heavy (non-hydrogen) atoms. The number of hydrogen-bond donors (Lipinski definition) is 1. The van der Waals surface area contributed by atoms with Gasteiger partial charge in [0.1, 0.15) is 11.6 Å². The zero-order valence-electron chi connectivity index (χ0n) is 17.5. The lowest BCUT2D eigenvalue weighted by molar-refractivity contribution is -0.113. The first-order chi connectivity index (χ1) is 13.9. The minimum absolute atomic E-state index is 0.00620. The summed E-state index contributed by atoms with van der Waals surface area (Å²) in [6.45, 7) is 9.56. The van der Waals surface area contributed by atoms with Gasteiger partial charge in [0.15, 0.2) is 0 Å². The number of carbonyl (C=O) groups excluding carboxylic acids is 1. The molecule has 0 radical (unpaired) electrons. The summed E-state index contributed by atoms with van der Waals surface area (Å²) in [5.74, 6) is 2.11. The van der Waals surface area contributed by atoms with Gasteiger partial charge in [-0.25, -0.2) is 4.68 Å². The zero-order valence-corrected chi connectivity index (χ0v) is 18.3. The molecule has 7 heteroatoms. The molecular weight excluding hydrogens is 386 g/mol. The average molecular weight is 416 g/mol. The van der Waals surface area contributed by atoms with E-state index in [1.165, 1.54) is 0 Å². The van der Waals surface area contributed by atoms with Gasteiger partial charge in [0.05, 0.1) is 34.9 Å². The number of hydrogen-bond acceptors (Lipinski definition) is 5. The van der Waals surface area contributed by atoms with E-state index >= 15 is 0 Å². The second-order valence-electron chi connectivity index (χ2n) is 8.26. The molecule has 3 heterocycles. The van der Waals surface area contributed by atoms with Crippen LogP contribution in [0.2, 0.25) is 0 Å². The highest BCUT2D eigenvalue weighted by Crippen LogP contribution is 2.47. The van der Waals surface area contributed by atoms with Gasteiger partial charge in [-0.1, -0.05) is 18.2 Å². The first-order valence-corrected chi connectivity index (χ1v) is 11.3. The minimum Gasteiger partial charge on any atom is -0.494 e. The number of aryl methyl sites for hydroxylation is 1. The summed E-state index contributed by atoms with van der Waals surface area (Å²) in [4.78, 5) is 12.6. The first kappa shape index (κ1) is 20.3. The fourth-order valence-corrected chi connectivity index (χ4v) is 5.52. The maximum atomic E-state index is 12.6. The van der Waals surface area contributed by atoms with Crippen molar-refractivity contribution in [2.24, 2.45) is 0 Å². The Balaban J connectivity index is 1.80. The number of nitrogens with one attached hydrogen (secondary N) is 1. The topological polar surface area (TPSA) is 65.4 Å². The van der Waals surface area contributed by atoms with Crippen LogP contribution >= 0.6 is 11.8 Å². The second kappa shape index (κ2) is 8.03. The lowest BCUT2D eigenvalue weighted by Crippen LogP contribution is -2.36. The minimum atomic E-state index is -0.194. The third-order valence-electron chi connectivity index (χ3n) is 5.55. The Morgan fingerprint density at radius 3 is 2.93 bits per heavy atom. The highest BCUT2D eigenvalue weighted by molar-refractivity contribution is 8.00. The van der Waals surface area contributed by atoms with Crippen molar-refractivity contribution >= 4 is 23.5 Å². The van der Waals surface area contributed by atoms with Crippen LogP contribution in [-0.2, 0) is 9.53 Å². The van der Waals surface area contributed by atoms with Crippen LogP contribution in [-0.4, -0.2) is 40.3 Å². The molecule has 0 saturated carbocycles. The molecule has 1 aromatic carbocycles. The number of amides is 1. The number of nitrogens with zero attached hydrogens (tertiary/aromatic N) is 2. The van der Waals surface area contributed by atoms with Crippen molar-refractivity contribution in [3.63, 3.8) is 0 Å². The van der Waals surface area contributed by atoms with E-state index in [1.54, 1.807) is 11.8 Å². The van der Waals surface area contributed by atoms with Crippen molar-refractivity contribution in [3.05, 3.63) is 41.1 Å². The Labute approximate surface area is 176 Å². The van der Waals surface area contributed by atoms with Crippen molar-refractivity contribution in [3.8, 4) is 5.75 Å². The van der Waals surface area contributed by atoms with E-state index < -0.39 is 0 Å². The molecule has 1 aromatic heterocycles. The van der Waals surface area contributed by atoms with E-state index in [0.717, 1.165) is 41.2 Å². The van der Waals surface area contributed by atoms with Gasteiger partial charge in [-0.2, -0.15) is 5.10 Å². The highest BCUT2D eigenvalue weighted by Gasteiger charge is 2.36. The van der Waals surface area contributed by atoms with Crippen LogP contribution in [0.3, 0.4) is 0 Å². The van der Waals surface area contributed by atoms with Crippen LogP contribution < -0.4 is 10.1 Å². The fraction of sp³-hybridized carbons (Fsp3) is 0.545. The van der Waals surface area contributed by atoms with Gasteiger partial charge < -0.3 is 14.8 Å². The first-order valence-electron chi connectivity index (χ1n) is 10.3. The summed E-state index contributed by atoms with van der Waals surface area (Å²) in [5, 5.41) is 8.04. The van der Waals surface area contributed by atoms with Gasteiger partial charge in [0.25, 0.3) is 0 Å². The molecule has 2 aliphatic heterocycles. The van der Waals surface area contributed by atoms with Gasteiger partial charge in [0, 0.05) is 17.7 Å². The maximum absolute atomic E-state index is 12.6. The van der Waals surface area contributed by atoms with Crippen molar-refractivity contribution in [1.82, 2.24) is 9.78 Å². The van der Waals surface area contributed by atoms with Crippen molar-refractivity contribution in [1.29, 1.82) is 0 Å². The number of para-hydroxylation sites is 1. The Morgan fingerprint density at radius 1 is 1.38 bits per heavy atom. The standard InChI is InChI=1S/C22H29N3O3S/c1-5-27-17-9-7-6-8-16(17)20-19-14(2)24-25(21(19)23-18(26)13-29-20)15-10-11-28-22(3,4)12-15/h6-9,15,20H,5,10-13H2,1-4H3,(H,23,26)/t15-,20-/m1/s1. The predicted octanol–water partition coefficient (Wildman–Crippen LogP) is 4.50. The van der Waals surface area contributed by atoms with Crippen LogP contribution in [0.25, 0.3) is 0 Å². The summed E-state index contributed by atoms with van der Waals surface area (Å²) >= 11 is 1.63. The van der Waals surface area contributed by atoms with Crippen LogP contribution in [0, 0.1) is 6.92 Å². The largest absolute Gasteiger partial charge is 0.494 e. The van der Waals surface area contributed by atoms with Crippen LogP contribution in [0.4, 0.5) is 5.82 Å². The van der Waals surface area contributed by atoms with Crippen molar-refractivity contribution in [2.75, 3.05) is 24.3 Å². The summed E-state index contributed by atoms with van der Waals surface area (Å²) in [5.41, 5.74) is 2.93. The normalized spacial score (nSPS) is 23.8. The third kappa shape index (κ3) is 4.03. The smallest absolute Gasteiger partial charge is 0.235 e. The van der Waals surface area contributed by atoms with Crippen LogP contribution in [0.1, 0.15) is 61.7 Å². The number of aromatic nitrogens is 2. The summed E-state index contributed by atoms with van der Waals surface area (Å²) in [6.07, 6.45) is 1.75. The molecule has 2 atom stereocenters. The molecule has 4 rings (SSSR count). The zero-order chi connectivity index (χ0) is 20.6. The molecule has 6 nitrogen and oxygen atoms in total. The molecule has 0 spiro atoms. The quantitative estimate of drug-likeness (QED) is 0.797. The van der Waals surface area contributed by atoms with Crippen molar-refractivity contribution < 1.29 is 14.3 Å². The van der Waals surface area contributed by atoms with E-state index in [9.17, 15) is 4.79 Å². The maximum Gasteiger partial charge on any atom is 0.235 e. The van der Waals surface area contributed by atoms with E-state index in [-0.39, 0.29) is 22.8 Å². The second-order valence-corrected chi connectivity index (χ2v) is 9.35. The average Bonchev–Trinajstić information content (AvgIpc) is 2.88. The number of ether oxygens (including phenoxy) is 2. The van der Waals surface area contributed by atoms with Gasteiger partial charge >= 0.3 is 0 Å². The summed E-state index contributed by atoms with van der Waals surface area (Å²) in [7, 11) is 0. The molecule has 1 fully saturated rings. The number of anilines is 1. The molecule has 0 aliphatic carbocycles. The molecule has 2 aromatic rings. The lowest BCUT2D eigenvalue weighted by atomic mass is 9.94. The number of benzene rings is 1. The van der Waals surface area contributed by atoms with E-state index in [2.05, 4.69) is 25.2 Å². The Kier molecular flexibility index (Phi) is 5.62. The molecule has 1 saturated heterocycles. The van der Waals surface area contributed by atoms with E-state index in [0.29, 0.717) is 19.0 Å². The Morgan fingerprint density at radius 2 is 2.17 bits per heavy atom. The van der Waals surface area contributed by atoms with Gasteiger partial charge in [-0.05, 0) is 46.6 Å². The lowest BCUT2D eigenvalue weighted by Gasteiger charge is -2.36. The fourth-order valence-electron chi connectivity index (χ4n) is 4.31. The summed E-state index contributed by atoms with van der Waals surface area (Å²) in [6, 6.07) is 8.31. The predicted molar refractivity (Wildman–Crippen MR) is 116 cm³/mol. The van der Waals surface area contributed by atoms with Crippen LogP contribution in [0.5, 0.6) is 5.75 Å². The Hall–Kier alpha value is -1.99. The number of rotatable bonds is 4. The van der Waals surface area contributed by atoms with Gasteiger partial charge in [0.2, 0.25) is 5.91 Å². The molecule has 156 valence electrons. The van der Waals surface area contributed by atoms with Crippen LogP contribution in [0.15, 0.2) is 24.3 Å². The third-order valence-corrected chi connectivity index (χ3v) is 6.80. The number of thioether (sulfide) groups is 1. The van der Waals surface area contributed by atoms with Crippen molar-refractivity contribution in [2.45, 2.75) is 57.4 Å². The molecular formula is C22H29N3O3S. The Bertz CT molecular complexity index is 909. The highest BCUT2D eigenvalue weighted by atomic mass is 32.2. The van der Waals surface area contributed by atoms with E-state index in [1.807, 2.05) is 36.7 Å². The SMILES string of the molecule is CCOc1ccccc1[C@H]1SCC(=O)Nc2c1c(C)nn2[C@@H]1CCOC(C)(C)C1. The number of carbonyl (C=O) groups is 1.